The number of isocyanates is 1. The average Bonchev–Trinajstić information content (AvgIpc) is 2.73. The van der Waals surface area contributed by atoms with Gasteiger partial charge in [0.25, 0.3) is 0 Å². The van der Waals surface area contributed by atoms with Gasteiger partial charge in [0.05, 0.1) is 18.8 Å². The van der Waals surface area contributed by atoms with Gasteiger partial charge < -0.3 is 4.74 Å². The highest BCUT2D eigenvalue weighted by atomic mass is 16.5. The number of aryl methyl sites for hydroxylation is 2. The predicted octanol–water partition coefficient (Wildman–Crippen LogP) is 1.86. The standard InChI is InChI=1S/C8H11NO3.C5H8N2/c1-7(2)8(11)12-5-3-4-9-6-10;1-4-3-5(2)7-6-4/h1,3-5H2,2H3;3H,1-2H3,(H,6,7). The highest BCUT2D eigenvalue weighted by Gasteiger charge is 2.00. The largest absolute Gasteiger partial charge is 0.462 e. The molecule has 0 atom stereocenters. The molecule has 19 heavy (non-hydrogen) atoms. The van der Waals surface area contributed by atoms with E-state index >= 15 is 0 Å². The fourth-order valence-electron chi connectivity index (χ4n) is 1.03. The van der Waals surface area contributed by atoms with Gasteiger partial charge in [0.1, 0.15) is 0 Å². The van der Waals surface area contributed by atoms with Gasteiger partial charge in [-0.05, 0) is 26.8 Å². The number of carbonyl (C=O) groups is 1. The van der Waals surface area contributed by atoms with Gasteiger partial charge in [-0.15, -0.1) is 0 Å². The molecule has 1 heterocycles. The van der Waals surface area contributed by atoms with Crippen molar-refractivity contribution in [3.8, 4) is 0 Å². The van der Waals surface area contributed by atoms with Crippen LogP contribution in [-0.4, -0.2) is 35.4 Å². The molecule has 0 radical (unpaired) electrons. The molecule has 0 unspecified atom stereocenters. The minimum atomic E-state index is -0.412. The zero-order valence-corrected chi connectivity index (χ0v) is 11.5. The molecule has 0 aliphatic carbocycles. The molecule has 1 aromatic heterocycles. The van der Waals surface area contributed by atoms with Gasteiger partial charge in [0.15, 0.2) is 0 Å². The molecular formula is C13H19N3O3. The van der Waals surface area contributed by atoms with Crippen LogP contribution in [0.4, 0.5) is 0 Å². The lowest BCUT2D eigenvalue weighted by Crippen LogP contribution is -2.06. The van der Waals surface area contributed by atoms with Gasteiger partial charge >= 0.3 is 5.97 Å². The van der Waals surface area contributed by atoms with Crippen LogP contribution in [0.15, 0.2) is 23.2 Å². The van der Waals surface area contributed by atoms with Crippen molar-refractivity contribution in [2.45, 2.75) is 27.2 Å². The summed E-state index contributed by atoms with van der Waals surface area (Å²) in [6.45, 7) is 9.53. The number of aromatic nitrogens is 2. The molecule has 0 aliphatic rings. The summed E-state index contributed by atoms with van der Waals surface area (Å²) in [6.07, 6.45) is 1.93. The third-order valence-corrected chi connectivity index (χ3v) is 1.89. The maximum atomic E-state index is 10.7. The van der Waals surface area contributed by atoms with Crippen molar-refractivity contribution in [3.63, 3.8) is 0 Å². The summed E-state index contributed by atoms with van der Waals surface area (Å²) in [5, 5.41) is 6.71. The molecule has 1 aromatic rings. The summed E-state index contributed by atoms with van der Waals surface area (Å²) in [5.41, 5.74) is 2.55. The van der Waals surface area contributed by atoms with Crippen molar-refractivity contribution >= 4 is 12.0 Å². The van der Waals surface area contributed by atoms with E-state index in [2.05, 4.69) is 21.8 Å². The first-order chi connectivity index (χ1) is 8.97. The van der Waals surface area contributed by atoms with Crippen LogP contribution < -0.4 is 0 Å². The predicted molar refractivity (Wildman–Crippen MR) is 71.4 cm³/mol. The van der Waals surface area contributed by atoms with Crippen LogP contribution in [0.2, 0.25) is 0 Å². The molecule has 1 rings (SSSR count). The van der Waals surface area contributed by atoms with E-state index in [-0.39, 0.29) is 6.61 Å². The molecule has 0 fully saturated rings. The number of nitrogens with one attached hydrogen (secondary N) is 1. The first-order valence-electron chi connectivity index (χ1n) is 5.82. The first kappa shape index (κ1) is 16.8. The maximum absolute atomic E-state index is 10.7. The number of ether oxygens (including phenoxy) is 1. The van der Waals surface area contributed by atoms with Crippen LogP contribution in [-0.2, 0) is 14.3 Å². The molecule has 0 bridgehead atoms. The second kappa shape index (κ2) is 9.79. The van der Waals surface area contributed by atoms with Crippen molar-refractivity contribution in [3.05, 3.63) is 29.6 Å². The summed E-state index contributed by atoms with van der Waals surface area (Å²) in [4.78, 5) is 23.6. The van der Waals surface area contributed by atoms with Crippen molar-refractivity contribution in [1.29, 1.82) is 0 Å². The quantitative estimate of drug-likeness (QED) is 0.289. The molecular weight excluding hydrogens is 246 g/mol. The Kier molecular flexibility index (Phi) is 8.66. The Bertz CT molecular complexity index is 443. The summed E-state index contributed by atoms with van der Waals surface area (Å²) < 4.78 is 4.72. The third kappa shape index (κ3) is 9.50. The molecule has 0 aliphatic heterocycles. The Hall–Kier alpha value is -2.20. The number of hydrogen-bond acceptors (Lipinski definition) is 5. The smallest absolute Gasteiger partial charge is 0.333 e. The second-order valence-corrected chi connectivity index (χ2v) is 3.94. The number of aliphatic imine (C=N–C) groups is 1. The minimum absolute atomic E-state index is 0.261. The molecule has 104 valence electrons. The number of esters is 1. The number of rotatable bonds is 5. The van der Waals surface area contributed by atoms with Crippen LogP contribution in [0.5, 0.6) is 0 Å². The lowest BCUT2D eigenvalue weighted by molar-refractivity contribution is -0.138. The molecule has 0 aromatic carbocycles. The summed E-state index contributed by atoms with van der Waals surface area (Å²) in [7, 11) is 0. The fraction of sp³-hybridized carbons (Fsp3) is 0.462. The Morgan fingerprint density at radius 2 is 2.26 bits per heavy atom. The van der Waals surface area contributed by atoms with Crippen LogP contribution >= 0.6 is 0 Å². The van der Waals surface area contributed by atoms with E-state index in [0.717, 1.165) is 11.4 Å². The average molecular weight is 265 g/mol. The van der Waals surface area contributed by atoms with Crippen molar-refractivity contribution < 1.29 is 14.3 Å². The molecule has 0 spiro atoms. The summed E-state index contributed by atoms with van der Waals surface area (Å²) in [6, 6.07) is 2.00. The minimum Gasteiger partial charge on any atom is -0.462 e. The highest BCUT2D eigenvalue weighted by molar-refractivity contribution is 5.86. The van der Waals surface area contributed by atoms with Crippen LogP contribution in [0, 0.1) is 13.8 Å². The zero-order valence-electron chi connectivity index (χ0n) is 11.5. The van der Waals surface area contributed by atoms with E-state index < -0.39 is 5.97 Å². The van der Waals surface area contributed by atoms with Gasteiger partial charge in [-0.2, -0.15) is 5.10 Å². The Morgan fingerprint density at radius 1 is 1.58 bits per heavy atom. The molecule has 0 amide bonds. The van der Waals surface area contributed by atoms with Gasteiger partial charge in [-0.25, -0.2) is 14.6 Å². The normalized spacial score (nSPS) is 8.79. The molecule has 6 nitrogen and oxygen atoms in total. The molecule has 0 saturated carbocycles. The monoisotopic (exact) mass is 265 g/mol. The molecule has 0 saturated heterocycles. The highest BCUT2D eigenvalue weighted by Crippen LogP contribution is 1.93. The van der Waals surface area contributed by atoms with Crippen molar-refractivity contribution in [2.75, 3.05) is 13.2 Å². The van der Waals surface area contributed by atoms with E-state index in [1.54, 1.807) is 6.92 Å². The number of aromatic amines is 1. The van der Waals surface area contributed by atoms with Gasteiger partial charge in [0, 0.05) is 17.7 Å². The van der Waals surface area contributed by atoms with Gasteiger partial charge in [0.2, 0.25) is 6.08 Å². The van der Waals surface area contributed by atoms with Crippen molar-refractivity contribution in [2.24, 2.45) is 4.99 Å². The topological polar surface area (TPSA) is 84.4 Å². The second-order valence-electron chi connectivity index (χ2n) is 3.94. The lowest BCUT2D eigenvalue weighted by Gasteiger charge is -2.00. The summed E-state index contributed by atoms with van der Waals surface area (Å²) in [5.74, 6) is -0.412. The van der Waals surface area contributed by atoms with Crippen LogP contribution in [0.25, 0.3) is 0 Å². The lowest BCUT2D eigenvalue weighted by atomic mass is 10.4. The van der Waals surface area contributed by atoms with Crippen LogP contribution in [0.1, 0.15) is 24.7 Å². The van der Waals surface area contributed by atoms with Gasteiger partial charge in [-0.3, -0.25) is 5.10 Å². The van der Waals surface area contributed by atoms with E-state index in [4.69, 9.17) is 4.74 Å². The van der Waals surface area contributed by atoms with Crippen molar-refractivity contribution in [1.82, 2.24) is 10.2 Å². The Morgan fingerprint density at radius 3 is 2.63 bits per heavy atom. The maximum Gasteiger partial charge on any atom is 0.333 e. The van der Waals surface area contributed by atoms with E-state index in [9.17, 15) is 9.59 Å². The number of nitrogens with zero attached hydrogens (tertiary/aromatic N) is 2. The summed E-state index contributed by atoms with van der Waals surface area (Å²) >= 11 is 0. The van der Waals surface area contributed by atoms with E-state index in [1.807, 2.05) is 19.9 Å². The fourth-order valence-corrected chi connectivity index (χ4v) is 1.03. The molecule has 1 N–H and O–H groups in total. The van der Waals surface area contributed by atoms with Gasteiger partial charge in [-0.1, -0.05) is 6.58 Å². The number of hydrogen-bond donors (Lipinski definition) is 1. The first-order valence-corrected chi connectivity index (χ1v) is 5.82. The van der Waals surface area contributed by atoms with E-state index in [1.165, 1.54) is 6.08 Å². The Balaban J connectivity index is 0.000000388. The van der Waals surface area contributed by atoms with E-state index in [0.29, 0.717) is 18.5 Å². The third-order valence-electron chi connectivity index (χ3n) is 1.89. The van der Waals surface area contributed by atoms with Crippen LogP contribution in [0.3, 0.4) is 0 Å². The SMILES string of the molecule is C=C(C)C(=O)OCCCN=C=O.Cc1cc(C)[nH]n1. The zero-order chi connectivity index (χ0) is 14.7. The number of carbonyl (C=O) groups excluding carboxylic acids is 2. The number of H-pyrrole nitrogens is 1. The molecule has 6 heteroatoms. The Labute approximate surface area is 112 Å².